The number of ether oxygens (including phenoxy) is 1. The largest absolute Gasteiger partial charge is 0.432 e. The summed E-state index contributed by atoms with van der Waals surface area (Å²) in [6.07, 6.45) is 0. The lowest BCUT2D eigenvalue weighted by molar-refractivity contribution is -0.386. The lowest BCUT2D eigenvalue weighted by atomic mass is 10.3. The number of rotatable bonds is 4. The van der Waals surface area contributed by atoms with Gasteiger partial charge in [0.15, 0.2) is 0 Å². The monoisotopic (exact) mass is 358 g/mol. The minimum atomic E-state index is -0.602. The zero-order chi connectivity index (χ0) is 14.7. The maximum absolute atomic E-state index is 10.9. The summed E-state index contributed by atoms with van der Waals surface area (Å²) < 4.78 is 6.16. The number of benzene rings is 1. The first kappa shape index (κ1) is 14.5. The summed E-state index contributed by atoms with van der Waals surface area (Å²) in [7, 11) is 0. The van der Waals surface area contributed by atoms with E-state index in [1.165, 1.54) is 12.1 Å². The predicted molar refractivity (Wildman–Crippen MR) is 77.9 cm³/mol. The Balaban J connectivity index is 2.43. The second-order valence-corrected chi connectivity index (χ2v) is 4.92. The first-order valence-corrected chi connectivity index (χ1v) is 6.43. The predicted octanol–water partition coefficient (Wildman–Crippen LogP) is 3.48. The molecule has 7 nitrogen and oxygen atoms in total. The van der Waals surface area contributed by atoms with Gasteiger partial charge in [-0.05, 0) is 24.3 Å². The van der Waals surface area contributed by atoms with Gasteiger partial charge in [-0.2, -0.15) is 4.98 Å². The Kier molecular flexibility index (Phi) is 4.38. The van der Waals surface area contributed by atoms with Crippen molar-refractivity contribution in [2.75, 3.05) is 5.43 Å². The van der Waals surface area contributed by atoms with Crippen LogP contribution in [0.1, 0.15) is 0 Å². The number of nitrogen functional groups attached to an aromatic ring is 1. The molecule has 1 aromatic carbocycles. The van der Waals surface area contributed by atoms with E-state index in [1.54, 1.807) is 18.2 Å². The highest BCUT2D eigenvalue weighted by molar-refractivity contribution is 9.10. The Morgan fingerprint density at radius 3 is 2.75 bits per heavy atom. The fourth-order valence-corrected chi connectivity index (χ4v) is 2.10. The Labute approximate surface area is 127 Å². The van der Waals surface area contributed by atoms with Crippen molar-refractivity contribution in [1.82, 2.24) is 4.98 Å². The van der Waals surface area contributed by atoms with E-state index < -0.39 is 4.92 Å². The number of nitrogens with two attached hydrogens (primary N) is 1. The first-order chi connectivity index (χ1) is 9.51. The van der Waals surface area contributed by atoms with Gasteiger partial charge >= 0.3 is 11.6 Å². The molecule has 0 aliphatic rings. The van der Waals surface area contributed by atoms with Gasteiger partial charge in [0.05, 0.1) is 9.95 Å². The Morgan fingerprint density at radius 2 is 2.15 bits per heavy atom. The molecular weight excluding hydrogens is 352 g/mol. The molecule has 0 bridgehead atoms. The molecule has 0 aliphatic carbocycles. The number of halogens is 2. The van der Waals surface area contributed by atoms with Crippen molar-refractivity contribution in [3.63, 3.8) is 0 Å². The van der Waals surface area contributed by atoms with Gasteiger partial charge in [0.25, 0.3) is 0 Å². The van der Waals surface area contributed by atoms with E-state index in [-0.39, 0.29) is 23.1 Å². The molecule has 0 unspecified atom stereocenters. The van der Waals surface area contributed by atoms with Crippen LogP contribution >= 0.6 is 27.5 Å². The van der Waals surface area contributed by atoms with Gasteiger partial charge in [-0.3, -0.25) is 10.1 Å². The van der Waals surface area contributed by atoms with E-state index in [0.717, 1.165) is 4.47 Å². The molecule has 20 heavy (non-hydrogen) atoms. The summed E-state index contributed by atoms with van der Waals surface area (Å²) >= 11 is 9.24. The molecular formula is C11H8BrClN4O3. The summed E-state index contributed by atoms with van der Waals surface area (Å²) in [4.78, 5) is 14.2. The van der Waals surface area contributed by atoms with E-state index in [0.29, 0.717) is 5.02 Å². The molecule has 0 spiro atoms. The van der Waals surface area contributed by atoms with Crippen molar-refractivity contribution in [1.29, 1.82) is 0 Å². The first-order valence-electron chi connectivity index (χ1n) is 5.26. The number of nitro groups is 1. The highest BCUT2D eigenvalue weighted by Crippen LogP contribution is 2.35. The number of anilines is 1. The summed E-state index contributed by atoms with van der Waals surface area (Å²) in [5, 5.41) is 11.2. The Morgan fingerprint density at radius 1 is 1.40 bits per heavy atom. The van der Waals surface area contributed by atoms with Crippen LogP contribution in [0, 0.1) is 10.1 Å². The molecule has 2 rings (SSSR count). The molecule has 0 radical (unpaired) electrons. The Bertz CT molecular complexity index is 668. The SMILES string of the molecule is NNc1ccc([N+](=O)[O-])c(Oc2ccc(Br)cc2Cl)n1. The molecule has 9 heteroatoms. The van der Waals surface area contributed by atoms with Gasteiger partial charge in [-0.25, -0.2) is 5.84 Å². The summed E-state index contributed by atoms with van der Waals surface area (Å²) in [5.74, 6) is 5.50. The van der Waals surface area contributed by atoms with Crippen LogP contribution in [0.15, 0.2) is 34.8 Å². The smallest absolute Gasteiger partial charge is 0.331 e. The minimum Gasteiger partial charge on any atom is -0.432 e. The third-order valence-corrected chi connectivity index (χ3v) is 3.07. The fourth-order valence-electron chi connectivity index (χ4n) is 1.39. The highest BCUT2D eigenvalue weighted by Gasteiger charge is 2.19. The lowest BCUT2D eigenvalue weighted by Crippen LogP contribution is -2.09. The van der Waals surface area contributed by atoms with Gasteiger partial charge in [0.2, 0.25) is 0 Å². The number of nitrogens with zero attached hydrogens (tertiary/aromatic N) is 2. The van der Waals surface area contributed by atoms with Crippen LogP contribution in [-0.4, -0.2) is 9.91 Å². The standard InChI is InChI=1S/C11H8BrClN4O3/c12-6-1-3-9(7(13)5-6)20-11-8(17(18)19)2-4-10(15-11)16-14/h1-5H,14H2,(H,15,16). The van der Waals surface area contributed by atoms with Crippen molar-refractivity contribution in [3.8, 4) is 11.6 Å². The molecule has 104 valence electrons. The number of hydrazine groups is 1. The quantitative estimate of drug-likeness (QED) is 0.492. The normalized spacial score (nSPS) is 10.2. The third kappa shape index (κ3) is 3.16. The summed E-state index contributed by atoms with van der Waals surface area (Å²) in [6.45, 7) is 0. The van der Waals surface area contributed by atoms with Gasteiger partial charge in [0, 0.05) is 10.5 Å². The van der Waals surface area contributed by atoms with Crippen LogP contribution < -0.4 is 16.0 Å². The number of nitrogens with one attached hydrogen (secondary N) is 1. The molecule has 0 atom stereocenters. The van der Waals surface area contributed by atoms with Crippen LogP contribution in [0.5, 0.6) is 11.6 Å². The summed E-state index contributed by atoms with van der Waals surface area (Å²) in [5.41, 5.74) is 2.00. The van der Waals surface area contributed by atoms with Crippen molar-refractivity contribution in [3.05, 3.63) is 49.9 Å². The average molecular weight is 360 g/mol. The van der Waals surface area contributed by atoms with Gasteiger partial charge in [-0.1, -0.05) is 27.5 Å². The maximum Gasteiger partial charge on any atom is 0.331 e. The molecule has 1 heterocycles. The Hall–Kier alpha value is -1.90. The van der Waals surface area contributed by atoms with Gasteiger partial charge in [-0.15, -0.1) is 0 Å². The third-order valence-electron chi connectivity index (χ3n) is 2.29. The fraction of sp³-hybridized carbons (Fsp3) is 0. The molecule has 1 aromatic heterocycles. The second-order valence-electron chi connectivity index (χ2n) is 3.60. The molecule has 0 fully saturated rings. The van der Waals surface area contributed by atoms with Crippen LogP contribution in [0.25, 0.3) is 0 Å². The maximum atomic E-state index is 10.9. The van der Waals surface area contributed by atoms with Crippen LogP contribution in [0.2, 0.25) is 5.02 Å². The number of hydrogen-bond acceptors (Lipinski definition) is 6. The van der Waals surface area contributed by atoms with Crippen LogP contribution in [0.3, 0.4) is 0 Å². The van der Waals surface area contributed by atoms with Crippen molar-refractivity contribution < 1.29 is 9.66 Å². The molecule has 3 N–H and O–H groups in total. The molecule has 0 saturated carbocycles. The second kappa shape index (κ2) is 6.04. The van der Waals surface area contributed by atoms with E-state index >= 15 is 0 Å². The average Bonchev–Trinajstić information content (AvgIpc) is 2.41. The van der Waals surface area contributed by atoms with Crippen LogP contribution in [0.4, 0.5) is 11.5 Å². The van der Waals surface area contributed by atoms with Gasteiger partial charge < -0.3 is 10.2 Å². The highest BCUT2D eigenvalue weighted by atomic mass is 79.9. The molecule has 0 saturated heterocycles. The van der Waals surface area contributed by atoms with Crippen molar-refractivity contribution >= 4 is 39.0 Å². The van der Waals surface area contributed by atoms with Crippen molar-refractivity contribution in [2.24, 2.45) is 5.84 Å². The van der Waals surface area contributed by atoms with Crippen molar-refractivity contribution in [2.45, 2.75) is 0 Å². The number of aromatic nitrogens is 1. The van der Waals surface area contributed by atoms with Crippen LogP contribution in [-0.2, 0) is 0 Å². The zero-order valence-electron chi connectivity index (χ0n) is 9.84. The van der Waals surface area contributed by atoms with E-state index in [2.05, 4.69) is 26.3 Å². The van der Waals surface area contributed by atoms with E-state index in [9.17, 15) is 10.1 Å². The zero-order valence-corrected chi connectivity index (χ0v) is 12.2. The minimum absolute atomic E-state index is 0.199. The lowest BCUT2D eigenvalue weighted by Gasteiger charge is -2.08. The molecule has 0 amide bonds. The summed E-state index contributed by atoms with van der Waals surface area (Å²) in [6, 6.07) is 7.48. The topological polar surface area (TPSA) is 103 Å². The van der Waals surface area contributed by atoms with E-state index in [4.69, 9.17) is 22.2 Å². The molecule has 2 aromatic rings. The van der Waals surface area contributed by atoms with E-state index in [1.807, 2.05) is 0 Å². The molecule has 0 aliphatic heterocycles. The van der Waals surface area contributed by atoms with Gasteiger partial charge in [0.1, 0.15) is 11.6 Å². The number of hydrogen-bond donors (Lipinski definition) is 2. The number of pyridine rings is 1.